The highest BCUT2D eigenvalue weighted by Gasteiger charge is 2.22. The van der Waals surface area contributed by atoms with E-state index < -0.39 is 5.82 Å². The zero-order valence-electron chi connectivity index (χ0n) is 19.3. The fourth-order valence-corrected chi connectivity index (χ4v) is 4.17. The smallest absolute Gasteiger partial charge is 0.230 e. The van der Waals surface area contributed by atoms with Crippen LogP contribution < -0.4 is 19.5 Å². The third kappa shape index (κ3) is 5.24. The lowest BCUT2D eigenvalue weighted by Gasteiger charge is -2.15. The van der Waals surface area contributed by atoms with Crippen LogP contribution in [0.1, 0.15) is 5.76 Å². The van der Waals surface area contributed by atoms with E-state index in [0.717, 1.165) is 11.8 Å². The number of para-hydroxylation sites is 1. The van der Waals surface area contributed by atoms with Crippen LogP contribution in [0.2, 0.25) is 0 Å². The molecule has 35 heavy (non-hydrogen) atoms. The maximum absolute atomic E-state index is 14.9. The minimum atomic E-state index is -0.467. The van der Waals surface area contributed by atoms with Crippen molar-refractivity contribution in [1.82, 2.24) is 20.1 Å². The highest BCUT2D eigenvalue weighted by atomic mass is 32.2. The Morgan fingerprint density at radius 3 is 2.43 bits per heavy atom. The first kappa shape index (κ1) is 24.1. The molecule has 11 heteroatoms. The molecule has 0 fully saturated rings. The normalized spacial score (nSPS) is 10.7. The lowest BCUT2D eigenvalue weighted by atomic mass is 10.1. The van der Waals surface area contributed by atoms with Crippen molar-refractivity contribution < 1.29 is 27.8 Å². The summed E-state index contributed by atoms with van der Waals surface area (Å²) < 4.78 is 37.9. The molecule has 0 radical (unpaired) electrons. The van der Waals surface area contributed by atoms with Gasteiger partial charge in [0.15, 0.2) is 22.5 Å². The Morgan fingerprint density at radius 2 is 1.80 bits per heavy atom. The summed E-state index contributed by atoms with van der Waals surface area (Å²) in [6, 6.07) is 13.2. The van der Waals surface area contributed by atoms with Gasteiger partial charge in [-0.1, -0.05) is 23.9 Å². The first-order valence-corrected chi connectivity index (χ1v) is 11.5. The van der Waals surface area contributed by atoms with Gasteiger partial charge >= 0.3 is 0 Å². The van der Waals surface area contributed by atoms with Gasteiger partial charge in [-0.2, -0.15) is 0 Å². The molecule has 2 aromatic carbocycles. The van der Waals surface area contributed by atoms with Crippen LogP contribution in [0.15, 0.2) is 64.4 Å². The predicted molar refractivity (Wildman–Crippen MR) is 128 cm³/mol. The van der Waals surface area contributed by atoms with Gasteiger partial charge in [-0.05, 0) is 36.4 Å². The number of carbonyl (C=O) groups excluding carboxylic acids is 1. The minimum Gasteiger partial charge on any atom is -0.493 e. The number of amides is 1. The third-order valence-electron chi connectivity index (χ3n) is 5.02. The van der Waals surface area contributed by atoms with Crippen molar-refractivity contribution in [3.63, 3.8) is 0 Å². The van der Waals surface area contributed by atoms with Crippen LogP contribution in [-0.2, 0) is 11.3 Å². The van der Waals surface area contributed by atoms with Gasteiger partial charge in [0.1, 0.15) is 11.6 Å². The monoisotopic (exact) mass is 498 g/mol. The van der Waals surface area contributed by atoms with Gasteiger partial charge in [0.05, 0.1) is 45.6 Å². The first-order chi connectivity index (χ1) is 17.0. The molecule has 9 nitrogen and oxygen atoms in total. The molecule has 0 bridgehead atoms. The van der Waals surface area contributed by atoms with E-state index in [4.69, 9.17) is 18.6 Å². The summed E-state index contributed by atoms with van der Waals surface area (Å²) >= 11 is 1.13. The van der Waals surface area contributed by atoms with E-state index in [9.17, 15) is 9.18 Å². The van der Waals surface area contributed by atoms with Crippen molar-refractivity contribution in [3.05, 3.63) is 66.4 Å². The Bertz CT molecular complexity index is 1280. The van der Waals surface area contributed by atoms with Crippen LogP contribution in [-0.4, -0.2) is 47.8 Å². The third-order valence-corrected chi connectivity index (χ3v) is 5.95. The molecule has 182 valence electrons. The number of aromatic nitrogens is 3. The standard InChI is InChI=1S/C24H23FN4O5S/c1-31-19-11-15(12-20(32-2)22(19)33-3)23-27-28-24(29(23)18-9-5-4-8-17(18)25)35-14-21(30)26-13-16-7-6-10-34-16/h4-12H,13-14H2,1-3H3,(H,26,30). The molecule has 0 aliphatic carbocycles. The summed E-state index contributed by atoms with van der Waals surface area (Å²) in [7, 11) is 4.52. The van der Waals surface area contributed by atoms with Crippen LogP contribution in [0.25, 0.3) is 17.1 Å². The van der Waals surface area contributed by atoms with Crippen molar-refractivity contribution in [1.29, 1.82) is 0 Å². The van der Waals surface area contributed by atoms with Crippen LogP contribution in [0.5, 0.6) is 17.2 Å². The second-order valence-electron chi connectivity index (χ2n) is 7.15. The fourth-order valence-electron chi connectivity index (χ4n) is 3.39. The number of furan rings is 1. The number of rotatable bonds is 10. The van der Waals surface area contributed by atoms with Crippen molar-refractivity contribution in [2.24, 2.45) is 0 Å². The van der Waals surface area contributed by atoms with E-state index in [1.54, 1.807) is 47.0 Å². The van der Waals surface area contributed by atoms with E-state index in [-0.39, 0.29) is 23.9 Å². The molecule has 2 heterocycles. The number of methoxy groups -OCH3 is 3. The minimum absolute atomic E-state index is 0.0442. The Balaban J connectivity index is 1.69. The largest absolute Gasteiger partial charge is 0.493 e. The quantitative estimate of drug-likeness (QED) is 0.326. The highest BCUT2D eigenvalue weighted by molar-refractivity contribution is 7.99. The van der Waals surface area contributed by atoms with Crippen molar-refractivity contribution in [2.75, 3.05) is 27.1 Å². The van der Waals surface area contributed by atoms with Crippen LogP contribution in [0.3, 0.4) is 0 Å². The number of halogens is 1. The summed E-state index contributed by atoms with van der Waals surface area (Å²) in [5.74, 6) is 1.57. The molecule has 1 amide bonds. The Kier molecular flexibility index (Phi) is 7.56. The lowest BCUT2D eigenvalue weighted by Crippen LogP contribution is -2.24. The summed E-state index contributed by atoms with van der Waals surface area (Å²) in [5, 5.41) is 11.7. The van der Waals surface area contributed by atoms with E-state index in [1.165, 1.54) is 33.7 Å². The molecule has 0 unspecified atom stereocenters. The van der Waals surface area contributed by atoms with Gasteiger partial charge in [-0.3, -0.25) is 9.36 Å². The Morgan fingerprint density at radius 1 is 1.06 bits per heavy atom. The Hall–Kier alpha value is -3.99. The van der Waals surface area contributed by atoms with Gasteiger partial charge in [0.25, 0.3) is 0 Å². The molecule has 4 aromatic rings. The highest BCUT2D eigenvalue weighted by Crippen LogP contribution is 2.41. The molecule has 0 saturated carbocycles. The van der Waals surface area contributed by atoms with Gasteiger partial charge in [0.2, 0.25) is 11.7 Å². The number of ether oxygens (including phenoxy) is 3. The molecule has 0 atom stereocenters. The number of nitrogens with zero attached hydrogens (tertiary/aromatic N) is 3. The maximum Gasteiger partial charge on any atom is 0.230 e. The molecular formula is C24H23FN4O5S. The molecular weight excluding hydrogens is 475 g/mol. The van der Waals surface area contributed by atoms with Gasteiger partial charge in [0, 0.05) is 5.56 Å². The average molecular weight is 499 g/mol. The maximum atomic E-state index is 14.9. The zero-order valence-corrected chi connectivity index (χ0v) is 20.1. The first-order valence-electron chi connectivity index (χ1n) is 10.5. The molecule has 1 N–H and O–H groups in total. The average Bonchev–Trinajstić information content (AvgIpc) is 3.55. The van der Waals surface area contributed by atoms with E-state index in [1.807, 2.05) is 0 Å². The number of hydrogen-bond acceptors (Lipinski definition) is 8. The summed E-state index contributed by atoms with van der Waals surface area (Å²) in [6.45, 7) is 0.267. The van der Waals surface area contributed by atoms with Crippen LogP contribution in [0, 0.1) is 5.82 Å². The zero-order chi connectivity index (χ0) is 24.8. The van der Waals surface area contributed by atoms with Crippen LogP contribution >= 0.6 is 11.8 Å². The molecule has 0 spiro atoms. The van der Waals surface area contributed by atoms with Gasteiger partial charge in [-0.15, -0.1) is 10.2 Å². The number of carbonyl (C=O) groups is 1. The van der Waals surface area contributed by atoms with Crippen LogP contribution in [0.4, 0.5) is 4.39 Å². The van der Waals surface area contributed by atoms with E-state index in [0.29, 0.717) is 39.6 Å². The lowest BCUT2D eigenvalue weighted by molar-refractivity contribution is -0.118. The molecule has 0 aliphatic heterocycles. The van der Waals surface area contributed by atoms with E-state index >= 15 is 0 Å². The SMILES string of the molecule is COc1cc(-c2nnc(SCC(=O)NCc3ccco3)n2-c2ccccc2F)cc(OC)c1OC. The topological polar surface area (TPSA) is 101 Å². The second kappa shape index (κ2) is 11.0. The van der Waals surface area contributed by atoms with E-state index in [2.05, 4.69) is 15.5 Å². The number of thioether (sulfide) groups is 1. The van der Waals surface area contributed by atoms with Crippen molar-refractivity contribution >= 4 is 17.7 Å². The molecule has 2 aromatic heterocycles. The summed E-state index contributed by atoms with van der Waals surface area (Å²) in [4.78, 5) is 12.4. The Labute approximate surface area is 205 Å². The fraction of sp³-hybridized carbons (Fsp3) is 0.208. The van der Waals surface area contributed by atoms with Crippen molar-refractivity contribution in [3.8, 4) is 34.3 Å². The summed E-state index contributed by atoms with van der Waals surface area (Å²) in [6.07, 6.45) is 1.54. The molecule has 0 saturated heterocycles. The van der Waals surface area contributed by atoms with Gasteiger partial charge in [-0.25, -0.2) is 4.39 Å². The predicted octanol–water partition coefficient (Wildman–Crippen LogP) is 4.10. The second-order valence-corrected chi connectivity index (χ2v) is 8.09. The number of nitrogens with one attached hydrogen (secondary N) is 1. The van der Waals surface area contributed by atoms with Gasteiger partial charge < -0.3 is 23.9 Å². The molecule has 4 rings (SSSR count). The number of hydrogen-bond donors (Lipinski definition) is 1. The summed E-state index contributed by atoms with van der Waals surface area (Å²) in [5.41, 5.74) is 0.795. The number of benzene rings is 2. The van der Waals surface area contributed by atoms with Crippen molar-refractivity contribution in [2.45, 2.75) is 11.7 Å². The molecule has 0 aliphatic rings.